The van der Waals surface area contributed by atoms with Gasteiger partial charge in [-0.15, -0.1) is 0 Å². The van der Waals surface area contributed by atoms with E-state index in [1.54, 1.807) is 6.07 Å². The fraction of sp³-hybridized carbons (Fsp3) is 0.357. The molecule has 0 radical (unpaired) electrons. The number of benzene rings is 1. The van der Waals surface area contributed by atoms with Crippen molar-refractivity contribution in [2.75, 3.05) is 25.9 Å². The van der Waals surface area contributed by atoms with Gasteiger partial charge < -0.3 is 15.4 Å². The molecular weight excluding hydrogens is 276 g/mol. The maximum absolute atomic E-state index is 6.30. The first kappa shape index (κ1) is 13.3. The lowest BCUT2D eigenvalue weighted by Gasteiger charge is -2.15. The van der Waals surface area contributed by atoms with Crippen LogP contribution in [0.1, 0.15) is 6.42 Å². The average Bonchev–Trinajstić information content (AvgIpc) is 3.01. The number of hydrogen-bond donors (Lipinski definition) is 2. The van der Waals surface area contributed by atoms with Crippen LogP contribution in [0.3, 0.4) is 0 Å². The number of nitrogens with one attached hydrogen (secondary N) is 1. The Labute approximate surface area is 122 Å². The highest BCUT2D eigenvalue weighted by atomic mass is 35.5. The van der Waals surface area contributed by atoms with Gasteiger partial charge in [0.1, 0.15) is 17.7 Å². The highest BCUT2D eigenvalue weighted by Crippen LogP contribution is 2.31. The Hall–Kier alpha value is -1.72. The molecular formula is C14H17ClN4O. The number of hydrogen-bond acceptors (Lipinski definition) is 4. The number of halogens is 1. The molecule has 1 aromatic carbocycles. The molecule has 106 valence electrons. The summed E-state index contributed by atoms with van der Waals surface area (Å²) in [6, 6.07) is 7.49. The van der Waals surface area contributed by atoms with E-state index in [4.69, 9.17) is 22.1 Å². The quantitative estimate of drug-likeness (QED) is 0.911. The summed E-state index contributed by atoms with van der Waals surface area (Å²) in [5.41, 5.74) is 7.39. The summed E-state index contributed by atoms with van der Waals surface area (Å²) in [5, 5.41) is 7.38. The monoisotopic (exact) mass is 292 g/mol. The van der Waals surface area contributed by atoms with Crippen LogP contribution in [0.15, 0.2) is 24.3 Å². The Kier molecular flexibility index (Phi) is 3.54. The van der Waals surface area contributed by atoms with E-state index < -0.39 is 0 Å². The third-order valence-electron chi connectivity index (χ3n) is 3.48. The Morgan fingerprint density at radius 3 is 2.90 bits per heavy atom. The van der Waals surface area contributed by atoms with Crippen LogP contribution in [0.25, 0.3) is 11.3 Å². The number of ether oxygens (including phenoxy) is 1. The topological polar surface area (TPSA) is 67.2 Å². The van der Waals surface area contributed by atoms with Crippen LogP contribution in [0.5, 0.6) is 5.75 Å². The second kappa shape index (κ2) is 5.34. The van der Waals surface area contributed by atoms with Crippen LogP contribution < -0.4 is 10.5 Å². The van der Waals surface area contributed by atoms with E-state index in [1.807, 2.05) is 18.2 Å². The van der Waals surface area contributed by atoms with Crippen molar-refractivity contribution >= 4 is 17.4 Å². The smallest absolute Gasteiger partial charge is 0.145 e. The zero-order valence-electron chi connectivity index (χ0n) is 11.3. The van der Waals surface area contributed by atoms with Gasteiger partial charge in [-0.1, -0.05) is 11.6 Å². The zero-order chi connectivity index (χ0) is 14.1. The van der Waals surface area contributed by atoms with Gasteiger partial charge in [-0.2, -0.15) is 5.10 Å². The van der Waals surface area contributed by atoms with Crippen LogP contribution in [0, 0.1) is 0 Å². The number of aromatic nitrogens is 2. The van der Waals surface area contributed by atoms with Crippen molar-refractivity contribution < 1.29 is 4.74 Å². The number of nitrogen functional groups attached to an aromatic ring is 1. The molecule has 20 heavy (non-hydrogen) atoms. The molecule has 1 atom stereocenters. The lowest BCUT2D eigenvalue weighted by molar-refractivity contribution is 0.208. The van der Waals surface area contributed by atoms with E-state index in [2.05, 4.69) is 22.1 Å². The molecule has 5 nitrogen and oxygen atoms in total. The summed E-state index contributed by atoms with van der Waals surface area (Å²) in [4.78, 5) is 2.25. The van der Waals surface area contributed by atoms with Gasteiger partial charge >= 0.3 is 0 Å². The molecule has 6 heteroatoms. The predicted molar refractivity (Wildman–Crippen MR) is 80.0 cm³/mol. The molecule has 1 fully saturated rings. The molecule has 0 amide bonds. The molecule has 1 saturated heterocycles. The summed E-state index contributed by atoms with van der Waals surface area (Å²) in [7, 11) is 2.09. The van der Waals surface area contributed by atoms with Crippen molar-refractivity contribution in [3.8, 4) is 17.0 Å². The van der Waals surface area contributed by atoms with Crippen molar-refractivity contribution in [2.24, 2.45) is 0 Å². The Morgan fingerprint density at radius 1 is 1.45 bits per heavy atom. The minimum absolute atomic E-state index is 0.214. The maximum Gasteiger partial charge on any atom is 0.145 e. The van der Waals surface area contributed by atoms with Crippen molar-refractivity contribution in [1.29, 1.82) is 0 Å². The normalized spacial score (nSPS) is 19.4. The third-order valence-corrected chi connectivity index (χ3v) is 3.78. The number of nitrogens with two attached hydrogens (primary N) is 1. The number of anilines is 1. The molecule has 1 aromatic heterocycles. The first-order chi connectivity index (χ1) is 9.61. The zero-order valence-corrected chi connectivity index (χ0v) is 12.0. The van der Waals surface area contributed by atoms with Gasteiger partial charge in [0.15, 0.2) is 0 Å². The van der Waals surface area contributed by atoms with Crippen molar-refractivity contribution in [2.45, 2.75) is 12.5 Å². The number of H-pyrrole nitrogens is 1. The van der Waals surface area contributed by atoms with Crippen molar-refractivity contribution in [3.05, 3.63) is 29.3 Å². The molecule has 1 aliphatic rings. The van der Waals surface area contributed by atoms with E-state index in [0.717, 1.165) is 36.5 Å². The van der Waals surface area contributed by atoms with Crippen LogP contribution in [-0.4, -0.2) is 41.3 Å². The fourth-order valence-corrected chi connectivity index (χ4v) is 2.64. The van der Waals surface area contributed by atoms with Gasteiger partial charge in [0.2, 0.25) is 0 Å². The largest absolute Gasteiger partial charge is 0.487 e. The van der Waals surface area contributed by atoms with Crippen LogP contribution in [-0.2, 0) is 0 Å². The average molecular weight is 293 g/mol. The molecule has 3 rings (SSSR count). The SMILES string of the molecule is CN1CCC(Oc2ccc(-c3cc(N)n[nH]3)cc2Cl)C1. The van der Waals surface area contributed by atoms with E-state index in [-0.39, 0.29) is 6.10 Å². The molecule has 2 heterocycles. The van der Waals surface area contributed by atoms with Crippen LogP contribution in [0.2, 0.25) is 5.02 Å². The van der Waals surface area contributed by atoms with E-state index in [1.165, 1.54) is 0 Å². The van der Waals surface area contributed by atoms with Gasteiger partial charge in [-0.05, 0) is 31.7 Å². The second-order valence-electron chi connectivity index (χ2n) is 5.14. The lowest BCUT2D eigenvalue weighted by Crippen LogP contribution is -2.21. The van der Waals surface area contributed by atoms with Crippen LogP contribution >= 0.6 is 11.6 Å². The standard InChI is InChI=1S/C14H17ClN4O/c1-19-5-4-10(8-19)20-13-3-2-9(6-11(13)15)12-7-14(16)18-17-12/h2-3,6-7,10H,4-5,8H2,1H3,(H3,16,17,18). The number of likely N-dealkylation sites (tertiary alicyclic amines) is 1. The Balaban J connectivity index is 1.77. The minimum atomic E-state index is 0.214. The van der Waals surface area contributed by atoms with Gasteiger partial charge in [0.25, 0.3) is 0 Å². The molecule has 0 spiro atoms. The Morgan fingerprint density at radius 2 is 2.30 bits per heavy atom. The molecule has 3 N–H and O–H groups in total. The first-order valence-corrected chi connectivity index (χ1v) is 6.95. The molecule has 0 saturated carbocycles. The minimum Gasteiger partial charge on any atom is -0.487 e. The first-order valence-electron chi connectivity index (χ1n) is 6.58. The van der Waals surface area contributed by atoms with Crippen LogP contribution in [0.4, 0.5) is 5.82 Å². The number of rotatable bonds is 3. The summed E-state index contributed by atoms with van der Waals surface area (Å²) in [6.07, 6.45) is 1.25. The van der Waals surface area contributed by atoms with Gasteiger partial charge in [-0.3, -0.25) is 5.10 Å². The number of nitrogens with zero attached hydrogens (tertiary/aromatic N) is 2. The van der Waals surface area contributed by atoms with E-state index in [9.17, 15) is 0 Å². The molecule has 2 aromatic rings. The number of aromatic amines is 1. The van der Waals surface area contributed by atoms with Gasteiger partial charge in [0.05, 0.1) is 10.7 Å². The Bertz CT molecular complexity index is 613. The third kappa shape index (κ3) is 2.73. The summed E-state index contributed by atoms with van der Waals surface area (Å²) in [5.74, 6) is 1.19. The molecule has 0 bridgehead atoms. The molecule has 1 aliphatic heterocycles. The lowest BCUT2D eigenvalue weighted by atomic mass is 10.1. The summed E-state index contributed by atoms with van der Waals surface area (Å²) in [6.45, 7) is 2.00. The summed E-state index contributed by atoms with van der Waals surface area (Å²) >= 11 is 6.30. The number of likely N-dealkylation sites (N-methyl/N-ethyl adjacent to an activating group) is 1. The highest BCUT2D eigenvalue weighted by Gasteiger charge is 2.21. The van der Waals surface area contributed by atoms with Crippen molar-refractivity contribution in [3.63, 3.8) is 0 Å². The highest BCUT2D eigenvalue weighted by molar-refractivity contribution is 6.32. The van der Waals surface area contributed by atoms with Gasteiger partial charge in [-0.25, -0.2) is 0 Å². The fourth-order valence-electron chi connectivity index (χ4n) is 2.42. The van der Waals surface area contributed by atoms with Crippen molar-refractivity contribution in [1.82, 2.24) is 15.1 Å². The second-order valence-corrected chi connectivity index (χ2v) is 5.55. The maximum atomic E-state index is 6.30. The van der Waals surface area contributed by atoms with Gasteiger partial charge in [0, 0.05) is 24.7 Å². The molecule has 0 aliphatic carbocycles. The van der Waals surface area contributed by atoms with E-state index in [0.29, 0.717) is 10.8 Å². The predicted octanol–water partition coefficient (Wildman–Crippen LogP) is 2.40. The van der Waals surface area contributed by atoms with E-state index >= 15 is 0 Å². The molecule has 1 unspecified atom stereocenters. The summed E-state index contributed by atoms with van der Waals surface area (Å²) < 4.78 is 5.95.